The minimum absolute atomic E-state index is 0.161. The number of rotatable bonds is 2. The summed E-state index contributed by atoms with van der Waals surface area (Å²) in [6, 6.07) is 5.28. The monoisotopic (exact) mass is 168 g/mol. The summed E-state index contributed by atoms with van der Waals surface area (Å²) in [6.07, 6.45) is 2.37. The van der Waals surface area contributed by atoms with Gasteiger partial charge in [-0.3, -0.25) is 0 Å². The van der Waals surface area contributed by atoms with Crippen LogP contribution in [0.3, 0.4) is 0 Å². The zero-order chi connectivity index (χ0) is 8.27. The molecule has 11 heavy (non-hydrogen) atoms. The quantitative estimate of drug-likeness (QED) is 0.674. The number of hydrogen-bond acceptors (Lipinski definition) is 1. The molecule has 0 radical (unpaired) electrons. The second kappa shape index (κ2) is 3.44. The summed E-state index contributed by atoms with van der Waals surface area (Å²) in [5.41, 5.74) is 0.813. The van der Waals surface area contributed by atoms with Gasteiger partial charge in [0.15, 0.2) is 0 Å². The van der Waals surface area contributed by atoms with Gasteiger partial charge in [0.2, 0.25) is 0 Å². The van der Waals surface area contributed by atoms with Crippen LogP contribution in [-0.2, 0) is 6.42 Å². The van der Waals surface area contributed by atoms with Crippen LogP contribution in [-0.4, -0.2) is 5.11 Å². The predicted octanol–water partition coefficient (Wildman–Crippen LogP) is 2.77. The zero-order valence-electron chi connectivity index (χ0n) is 6.05. The Morgan fingerprint density at radius 1 is 1.55 bits per heavy atom. The molecule has 1 N–H and O–H groups in total. The minimum Gasteiger partial charge on any atom is -0.506 e. The lowest BCUT2D eigenvalue weighted by Crippen LogP contribution is -1.81. The molecule has 0 unspecified atom stereocenters. The third kappa shape index (κ3) is 1.75. The molecule has 1 nitrogen and oxygen atoms in total. The maximum atomic E-state index is 9.35. The number of para-hydroxylation sites is 1. The van der Waals surface area contributed by atoms with E-state index in [9.17, 15) is 5.11 Å². The molecule has 1 rings (SSSR count). The first-order chi connectivity index (χ1) is 5.25. The first-order valence-electron chi connectivity index (χ1n) is 3.33. The number of benzene rings is 1. The Hall–Kier alpha value is -0.950. The molecule has 0 amide bonds. The highest BCUT2D eigenvalue weighted by Gasteiger charge is 2.01. The van der Waals surface area contributed by atoms with Crippen molar-refractivity contribution in [3.63, 3.8) is 0 Å². The van der Waals surface area contributed by atoms with E-state index in [-0.39, 0.29) is 5.75 Å². The SMILES string of the molecule is C=CCc1cccc(Cl)c1O. The van der Waals surface area contributed by atoms with Gasteiger partial charge in [0.05, 0.1) is 5.02 Å². The molecule has 0 aliphatic rings. The predicted molar refractivity (Wildman–Crippen MR) is 47.0 cm³/mol. The van der Waals surface area contributed by atoms with Crippen LogP contribution >= 0.6 is 11.6 Å². The number of halogens is 1. The van der Waals surface area contributed by atoms with Gasteiger partial charge in [-0.1, -0.05) is 29.8 Å². The van der Waals surface area contributed by atoms with Gasteiger partial charge in [0.1, 0.15) is 5.75 Å². The fourth-order valence-corrected chi connectivity index (χ4v) is 1.07. The Balaban J connectivity index is 3.05. The number of allylic oxidation sites excluding steroid dienone is 1. The van der Waals surface area contributed by atoms with Gasteiger partial charge < -0.3 is 5.11 Å². The molecule has 1 aromatic rings. The van der Waals surface area contributed by atoms with E-state index in [1.807, 2.05) is 6.07 Å². The summed E-state index contributed by atoms with van der Waals surface area (Å²) in [4.78, 5) is 0. The van der Waals surface area contributed by atoms with E-state index in [1.54, 1.807) is 18.2 Å². The molecule has 0 spiro atoms. The van der Waals surface area contributed by atoms with Gasteiger partial charge >= 0.3 is 0 Å². The first-order valence-corrected chi connectivity index (χ1v) is 3.70. The largest absolute Gasteiger partial charge is 0.506 e. The molecule has 0 aliphatic carbocycles. The van der Waals surface area contributed by atoms with Crippen molar-refractivity contribution < 1.29 is 5.11 Å². The van der Waals surface area contributed by atoms with Crippen molar-refractivity contribution >= 4 is 11.6 Å². The lowest BCUT2D eigenvalue weighted by molar-refractivity contribution is 0.470. The fourth-order valence-electron chi connectivity index (χ4n) is 0.880. The third-order valence-electron chi connectivity index (χ3n) is 1.43. The fraction of sp³-hybridized carbons (Fsp3) is 0.111. The molecule has 0 bridgehead atoms. The van der Waals surface area contributed by atoms with Crippen molar-refractivity contribution in [2.45, 2.75) is 6.42 Å². The van der Waals surface area contributed by atoms with Gasteiger partial charge in [-0.05, 0) is 18.1 Å². The Labute approximate surface area is 70.9 Å². The van der Waals surface area contributed by atoms with Crippen molar-refractivity contribution in [3.05, 3.63) is 41.4 Å². The van der Waals surface area contributed by atoms with Crippen molar-refractivity contribution in [1.29, 1.82) is 0 Å². The number of aromatic hydroxyl groups is 1. The second-order valence-corrected chi connectivity index (χ2v) is 2.65. The van der Waals surface area contributed by atoms with Crippen molar-refractivity contribution in [2.24, 2.45) is 0 Å². The molecule has 0 atom stereocenters. The Bertz CT molecular complexity index is 268. The number of phenols is 1. The molecule has 0 aliphatic heterocycles. The van der Waals surface area contributed by atoms with E-state index in [0.717, 1.165) is 5.56 Å². The number of hydrogen-bond donors (Lipinski definition) is 1. The van der Waals surface area contributed by atoms with E-state index < -0.39 is 0 Å². The Morgan fingerprint density at radius 2 is 2.27 bits per heavy atom. The molecule has 2 heteroatoms. The molecular formula is C9H9ClO. The maximum absolute atomic E-state index is 9.35. The van der Waals surface area contributed by atoms with Gasteiger partial charge in [-0.2, -0.15) is 0 Å². The van der Waals surface area contributed by atoms with Gasteiger partial charge in [0, 0.05) is 0 Å². The topological polar surface area (TPSA) is 20.2 Å². The van der Waals surface area contributed by atoms with E-state index in [4.69, 9.17) is 11.6 Å². The first kappa shape index (κ1) is 8.15. The molecule has 0 fully saturated rings. The molecule has 0 heterocycles. The third-order valence-corrected chi connectivity index (χ3v) is 1.74. The minimum atomic E-state index is 0.161. The van der Waals surface area contributed by atoms with Crippen molar-refractivity contribution in [1.82, 2.24) is 0 Å². The van der Waals surface area contributed by atoms with Crippen LogP contribution in [0.15, 0.2) is 30.9 Å². The molecule has 58 valence electrons. The maximum Gasteiger partial charge on any atom is 0.137 e. The van der Waals surface area contributed by atoms with Crippen LogP contribution in [0.1, 0.15) is 5.56 Å². The molecule has 1 aromatic carbocycles. The normalized spacial score (nSPS) is 9.55. The summed E-state index contributed by atoms with van der Waals surface area (Å²) in [5, 5.41) is 9.74. The summed E-state index contributed by atoms with van der Waals surface area (Å²) in [6.45, 7) is 3.57. The van der Waals surface area contributed by atoms with Crippen LogP contribution in [0.4, 0.5) is 0 Å². The van der Waals surface area contributed by atoms with Crippen LogP contribution in [0.25, 0.3) is 0 Å². The van der Waals surface area contributed by atoms with Crippen LogP contribution < -0.4 is 0 Å². The average molecular weight is 169 g/mol. The Kier molecular flexibility index (Phi) is 2.55. The molecule has 0 saturated carbocycles. The highest BCUT2D eigenvalue weighted by Crippen LogP contribution is 2.27. The van der Waals surface area contributed by atoms with Crippen LogP contribution in [0, 0.1) is 0 Å². The zero-order valence-corrected chi connectivity index (χ0v) is 6.80. The average Bonchev–Trinajstić information content (AvgIpc) is 1.99. The van der Waals surface area contributed by atoms with Crippen LogP contribution in [0.5, 0.6) is 5.75 Å². The molecule has 0 aromatic heterocycles. The standard InChI is InChI=1S/C9H9ClO/c1-2-4-7-5-3-6-8(10)9(7)11/h2-3,5-6,11H,1,4H2. The molecular weight excluding hydrogens is 160 g/mol. The number of phenolic OH excluding ortho intramolecular Hbond substituents is 1. The highest BCUT2D eigenvalue weighted by molar-refractivity contribution is 6.32. The van der Waals surface area contributed by atoms with Crippen LogP contribution in [0.2, 0.25) is 5.02 Å². The molecule has 0 saturated heterocycles. The van der Waals surface area contributed by atoms with Gasteiger partial charge in [-0.15, -0.1) is 6.58 Å². The van der Waals surface area contributed by atoms with Crippen molar-refractivity contribution in [2.75, 3.05) is 0 Å². The van der Waals surface area contributed by atoms with Gasteiger partial charge in [0.25, 0.3) is 0 Å². The van der Waals surface area contributed by atoms with E-state index in [2.05, 4.69) is 6.58 Å². The van der Waals surface area contributed by atoms with Gasteiger partial charge in [-0.25, -0.2) is 0 Å². The summed E-state index contributed by atoms with van der Waals surface area (Å²) >= 11 is 5.67. The lowest BCUT2D eigenvalue weighted by atomic mass is 10.1. The lowest BCUT2D eigenvalue weighted by Gasteiger charge is -2.01. The van der Waals surface area contributed by atoms with E-state index >= 15 is 0 Å². The summed E-state index contributed by atoms with van der Waals surface area (Å²) < 4.78 is 0. The summed E-state index contributed by atoms with van der Waals surface area (Å²) in [7, 11) is 0. The van der Waals surface area contributed by atoms with Crippen molar-refractivity contribution in [3.8, 4) is 5.75 Å². The highest BCUT2D eigenvalue weighted by atomic mass is 35.5. The summed E-state index contributed by atoms with van der Waals surface area (Å²) in [5.74, 6) is 0.161. The van der Waals surface area contributed by atoms with E-state index in [0.29, 0.717) is 11.4 Å². The van der Waals surface area contributed by atoms with E-state index in [1.165, 1.54) is 0 Å². The smallest absolute Gasteiger partial charge is 0.137 e. The second-order valence-electron chi connectivity index (χ2n) is 2.24. The Morgan fingerprint density at radius 3 is 2.91 bits per heavy atom.